The number of hydrogen-bond acceptors (Lipinski definition) is 6. The Morgan fingerprint density at radius 1 is 1.23 bits per heavy atom. The number of carbonyl (C=O) groups excluding carboxylic acids is 3. The van der Waals surface area contributed by atoms with E-state index in [2.05, 4.69) is 0 Å². The van der Waals surface area contributed by atoms with E-state index >= 15 is 0 Å². The average molecular weight is 431 g/mol. The number of thiophene rings is 1. The van der Waals surface area contributed by atoms with E-state index in [-0.39, 0.29) is 18.0 Å². The van der Waals surface area contributed by atoms with Crippen molar-refractivity contribution in [3.05, 3.63) is 63.6 Å². The van der Waals surface area contributed by atoms with E-state index in [0.29, 0.717) is 29.3 Å². The predicted octanol–water partition coefficient (Wildman–Crippen LogP) is 0.335. The molecule has 0 radical (unpaired) electrons. The summed E-state index contributed by atoms with van der Waals surface area (Å²) in [6.45, 7) is 0.772. The Labute approximate surface area is 178 Å². The van der Waals surface area contributed by atoms with Gasteiger partial charge in [0.2, 0.25) is 5.78 Å². The SMILES string of the molecule is C[NH+](C)CCN1C(=O)C(O)=C(C(=O)c2cccs2)[C@H]1c1ccc(OCC(N)=O)cc1. The molecule has 1 aromatic carbocycles. The fourth-order valence-electron chi connectivity index (χ4n) is 3.25. The average Bonchev–Trinajstić information content (AvgIpc) is 3.33. The number of benzene rings is 1. The standard InChI is InChI=1S/C21H23N3O5S/c1-23(2)9-10-24-18(13-5-7-14(8-6-13)29-12-16(22)25)17(20(27)21(24)28)19(26)15-4-3-11-30-15/h3-8,11,18,27H,9-10,12H2,1-2H3,(H2,22,25)/p+1/t18-/m1/s1. The predicted molar refractivity (Wildman–Crippen MR) is 112 cm³/mol. The normalized spacial score (nSPS) is 16.4. The second-order valence-electron chi connectivity index (χ2n) is 7.25. The van der Waals surface area contributed by atoms with Crippen molar-refractivity contribution < 1.29 is 29.1 Å². The maximum absolute atomic E-state index is 13.1. The number of ketones is 1. The Bertz CT molecular complexity index is 967. The summed E-state index contributed by atoms with van der Waals surface area (Å²) in [5.41, 5.74) is 5.82. The lowest BCUT2D eigenvalue weighted by atomic mass is 9.95. The molecule has 0 spiro atoms. The first-order valence-corrected chi connectivity index (χ1v) is 10.3. The van der Waals surface area contributed by atoms with Crippen LogP contribution in [0.2, 0.25) is 0 Å². The smallest absolute Gasteiger partial charge is 0.290 e. The van der Waals surface area contributed by atoms with Crippen molar-refractivity contribution in [2.24, 2.45) is 5.73 Å². The highest BCUT2D eigenvalue weighted by atomic mass is 32.1. The van der Waals surface area contributed by atoms with Gasteiger partial charge in [0, 0.05) is 0 Å². The first-order valence-electron chi connectivity index (χ1n) is 9.42. The number of Topliss-reactive ketones (excluding diaryl/α,β-unsaturated/α-hetero) is 1. The zero-order valence-electron chi connectivity index (χ0n) is 16.8. The number of likely N-dealkylation sites (N-methyl/N-ethyl adjacent to an activating group) is 1. The summed E-state index contributed by atoms with van der Waals surface area (Å²) in [6.07, 6.45) is 0. The van der Waals surface area contributed by atoms with Gasteiger partial charge in [-0.25, -0.2) is 0 Å². The highest BCUT2D eigenvalue weighted by molar-refractivity contribution is 7.12. The van der Waals surface area contributed by atoms with Gasteiger partial charge in [-0.3, -0.25) is 14.4 Å². The van der Waals surface area contributed by atoms with Crippen molar-refractivity contribution in [3.8, 4) is 5.75 Å². The summed E-state index contributed by atoms with van der Waals surface area (Å²) < 4.78 is 5.28. The molecule has 1 aliphatic heterocycles. The zero-order chi connectivity index (χ0) is 21.8. The molecule has 0 fully saturated rings. The number of hydrogen-bond donors (Lipinski definition) is 3. The third-order valence-electron chi connectivity index (χ3n) is 4.72. The van der Waals surface area contributed by atoms with Crippen molar-refractivity contribution in [1.82, 2.24) is 4.90 Å². The highest BCUT2D eigenvalue weighted by Crippen LogP contribution is 2.39. The number of nitrogens with zero attached hydrogens (tertiary/aromatic N) is 1. The van der Waals surface area contributed by atoms with Crippen molar-refractivity contribution >= 4 is 28.9 Å². The Hall–Kier alpha value is -3.17. The first-order chi connectivity index (χ1) is 14.3. The Kier molecular flexibility index (Phi) is 6.53. The Balaban J connectivity index is 1.96. The molecule has 2 aromatic rings. The van der Waals surface area contributed by atoms with E-state index in [9.17, 15) is 19.5 Å². The number of amides is 2. The number of rotatable bonds is 9. The third kappa shape index (κ3) is 4.52. The van der Waals surface area contributed by atoms with Gasteiger partial charge >= 0.3 is 0 Å². The molecule has 2 heterocycles. The summed E-state index contributed by atoms with van der Waals surface area (Å²) in [6, 6.07) is 9.41. The van der Waals surface area contributed by atoms with Gasteiger partial charge in [-0.05, 0) is 29.1 Å². The van der Waals surface area contributed by atoms with E-state index < -0.39 is 23.6 Å². The Morgan fingerprint density at radius 2 is 1.93 bits per heavy atom. The second kappa shape index (κ2) is 9.10. The van der Waals surface area contributed by atoms with Gasteiger partial charge in [-0.2, -0.15) is 0 Å². The van der Waals surface area contributed by atoms with Crippen LogP contribution in [0.4, 0.5) is 0 Å². The molecular weight excluding hydrogens is 406 g/mol. The van der Waals surface area contributed by atoms with Gasteiger partial charge in [-0.15, -0.1) is 11.3 Å². The summed E-state index contributed by atoms with van der Waals surface area (Å²) in [7, 11) is 3.93. The monoisotopic (exact) mass is 430 g/mol. The molecule has 0 aliphatic carbocycles. The zero-order valence-corrected chi connectivity index (χ0v) is 17.6. The van der Waals surface area contributed by atoms with Gasteiger partial charge in [0.15, 0.2) is 12.4 Å². The van der Waals surface area contributed by atoms with Crippen LogP contribution < -0.4 is 15.4 Å². The van der Waals surface area contributed by atoms with Crippen LogP contribution >= 0.6 is 11.3 Å². The van der Waals surface area contributed by atoms with Gasteiger partial charge in [-0.1, -0.05) is 18.2 Å². The number of nitrogens with one attached hydrogen (secondary N) is 1. The van der Waals surface area contributed by atoms with Gasteiger partial charge in [0.05, 0.1) is 43.7 Å². The van der Waals surface area contributed by atoms with Crippen LogP contribution in [-0.2, 0) is 9.59 Å². The minimum Gasteiger partial charge on any atom is -0.503 e. The van der Waals surface area contributed by atoms with Crippen LogP contribution in [0.15, 0.2) is 53.1 Å². The van der Waals surface area contributed by atoms with Crippen LogP contribution in [-0.4, -0.2) is 61.4 Å². The van der Waals surface area contributed by atoms with Crippen molar-refractivity contribution in [2.45, 2.75) is 6.04 Å². The summed E-state index contributed by atoms with van der Waals surface area (Å²) in [4.78, 5) is 39.9. The van der Waals surface area contributed by atoms with Crippen molar-refractivity contribution in [3.63, 3.8) is 0 Å². The first kappa shape index (κ1) is 21.5. The molecule has 8 nitrogen and oxygen atoms in total. The molecule has 0 bridgehead atoms. The summed E-state index contributed by atoms with van der Waals surface area (Å²) in [5, 5.41) is 12.4. The fourth-order valence-corrected chi connectivity index (χ4v) is 3.93. The van der Waals surface area contributed by atoms with E-state index in [4.69, 9.17) is 10.5 Å². The van der Waals surface area contributed by atoms with Crippen molar-refractivity contribution in [1.29, 1.82) is 0 Å². The fraction of sp³-hybridized carbons (Fsp3) is 0.286. The lowest BCUT2D eigenvalue weighted by Gasteiger charge is -2.27. The van der Waals surface area contributed by atoms with Crippen LogP contribution in [0.1, 0.15) is 21.3 Å². The molecule has 1 aromatic heterocycles. The number of nitrogens with two attached hydrogens (primary N) is 1. The quantitative estimate of drug-likeness (QED) is 0.496. The molecule has 3 rings (SSSR count). The molecule has 0 saturated heterocycles. The molecule has 30 heavy (non-hydrogen) atoms. The van der Waals surface area contributed by atoms with Gasteiger partial charge in [0.25, 0.3) is 11.8 Å². The van der Waals surface area contributed by atoms with Crippen LogP contribution in [0.3, 0.4) is 0 Å². The lowest BCUT2D eigenvalue weighted by Crippen LogP contribution is -3.06. The number of ether oxygens (including phenoxy) is 1. The largest absolute Gasteiger partial charge is 0.503 e. The van der Waals surface area contributed by atoms with E-state index in [1.165, 1.54) is 16.2 Å². The van der Waals surface area contributed by atoms with E-state index in [1.54, 1.807) is 41.8 Å². The minimum absolute atomic E-state index is 0.0713. The maximum atomic E-state index is 13.1. The number of primary amides is 1. The minimum atomic E-state index is -0.711. The van der Waals surface area contributed by atoms with Crippen molar-refractivity contribution in [2.75, 3.05) is 33.8 Å². The number of quaternary nitrogens is 1. The molecule has 158 valence electrons. The third-order valence-corrected chi connectivity index (χ3v) is 5.59. The van der Waals surface area contributed by atoms with Crippen LogP contribution in [0.25, 0.3) is 0 Å². The highest BCUT2D eigenvalue weighted by Gasteiger charge is 2.44. The molecule has 1 aliphatic rings. The van der Waals surface area contributed by atoms with E-state index in [1.807, 2.05) is 14.1 Å². The van der Waals surface area contributed by atoms with E-state index in [0.717, 1.165) is 4.90 Å². The Morgan fingerprint density at radius 3 is 2.50 bits per heavy atom. The lowest BCUT2D eigenvalue weighted by molar-refractivity contribution is -0.857. The molecule has 0 unspecified atom stereocenters. The van der Waals surface area contributed by atoms with Crippen LogP contribution in [0, 0.1) is 0 Å². The maximum Gasteiger partial charge on any atom is 0.290 e. The summed E-state index contributed by atoms with van der Waals surface area (Å²) in [5.74, 6) is -1.59. The molecule has 9 heteroatoms. The topological polar surface area (TPSA) is 114 Å². The molecule has 2 amide bonds. The number of aliphatic hydroxyl groups is 1. The van der Waals surface area contributed by atoms with Crippen LogP contribution in [0.5, 0.6) is 5.75 Å². The molecule has 0 saturated carbocycles. The number of aliphatic hydroxyl groups excluding tert-OH is 1. The number of carbonyl (C=O) groups is 3. The van der Waals surface area contributed by atoms with Gasteiger partial charge in [0.1, 0.15) is 5.75 Å². The summed E-state index contributed by atoms with van der Waals surface area (Å²) >= 11 is 1.26. The molecule has 1 atom stereocenters. The second-order valence-corrected chi connectivity index (χ2v) is 8.20. The molecule has 4 N–H and O–H groups in total. The van der Waals surface area contributed by atoms with Gasteiger partial charge < -0.3 is 25.4 Å². The molecular formula is C21H24N3O5S+.